The largest absolute Gasteiger partial charge is 0.457 e. The first-order chi connectivity index (χ1) is 20.5. The van der Waals surface area contributed by atoms with Gasteiger partial charge in [-0.15, -0.1) is 0 Å². The first kappa shape index (κ1) is 31.1. The monoisotopic (exact) mass is 597 g/mol. The highest BCUT2D eigenvalue weighted by molar-refractivity contribution is 5.78. The van der Waals surface area contributed by atoms with E-state index >= 15 is 4.39 Å². The fourth-order valence-corrected chi connectivity index (χ4v) is 5.71. The number of rotatable bonds is 5. The maximum atomic E-state index is 15.0. The van der Waals surface area contributed by atoms with Crippen LogP contribution >= 0.6 is 0 Å². The van der Waals surface area contributed by atoms with Gasteiger partial charge < -0.3 is 24.4 Å². The quantitative estimate of drug-likeness (QED) is 0.399. The van der Waals surface area contributed by atoms with Gasteiger partial charge in [0, 0.05) is 32.1 Å². The van der Waals surface area contributed by atoms with Gasteiger partial charge in [-0.05, 0) is 80.8 Å². The number of halogens is 1. The Bertz CT molecular complexity index is 1360. The van der Waals surface area contributed by atoms with E-state index in [1.54, 1.807) is 21.8 Å². The zero-order valence-electron chi connectivity index (χ0n) is 25.6. The number of carbonyl (C=O) groups excluding carboxylic acids is 2. The van der Waals surface area contributed by atoms with Crippen molar-refractivity contribution in [3.63, 3.8) is 0 Å². The van der Waals surface area contributed by atoms with Crippen LogP contribution in [-0.4, -0.2) is 93.5 Å². The van der Waals surface area contributed by atoms with Crippen LogP contribution in [0.15, 0.2) is 29.9 Å². The number of aromatic nitrogens is 3. The molecule has 0 bridgehead atoms. The van der Waals surface area contributed by atoms with Crippen LogP contribution in [0.3, 0.4) is 0 Å². The van der Waals surface area contributed by atoms with Gasteiger partial charge in [-0.1, -0.05) is 26.0 Å². The molecule has 234 valence electrons. The lowest BCUT2D eigenvalue weighted by molar-refractivity contribution is -0.151. The standard InChI is InChI=1S/C32H44FN5O5/c1-20-5-9-25(39)18-29(40)43-31(21(2)6-10-28(20)42-32(41)37-13-11-36(4)12-14-37)22(3)15-24-16-26(33)30-27(17-24)34-38(35-30)19-23-7-8-23/h6,10,15-17,20-21,23,25,28,31,39H,5,7-9,11-14,18-19H2,1-4H3/b10-6+,22-15+/t20-,21-,25+,28-,31-/m0/s1. The third kappa shape index (κ3) is 8.20. The van der Waals surface area contributed by atoms with E-state index in [2.05, 4.69) is 15.1 Å². The Hall–Kier alpha value is -3.31. The van der Waals surface area contributed by atoms with Gasteiger partial charge in [-0.25, -0.2) is 9.18 Å². The maximum Gasteiger partial charge on any atom is 0.410 e. The summed E-state index contributed by atoms with van der Waals surface area (Å²) in [6, 6.07) is 3.20. The summed E-state index contributed by atoms with van der Waals surface area (Å²) in [7, 11) is 2.03. The molecule has 1 saturated carbocycles. The minimum absolute atomic E-state index is 0.0666. The minimum Gasteiger partial charge on any atom is -0.457 e. The van der Waals surface area contributed by atoms with Gasteiger partial charge in [0.05, 0.1) is 19.1 Å². The number of amides is 1. The second-order valence-electron chi connectivity index (χ2n) is 12.7. The molecule has 1 N–H and O–H groups in total. The zero-order valence-corrected chi connectivity index (χ0v) is 25.6. The summed E-state index contributed by atoms with van der Waals surface area (Å²) in [4.78, 5) is 31.3. The summed E-state index contributed by atoms with van der Waals surface area (Å²) in [6.45, 7) is 9.25. The summed E-state index contributed by atoms with van der Waals surface area (Å²) >= 11 is 0. The van der Waals surface area contributed by atoms with Gasteiger partial charge in [0.2, 0.25) is 0 Å². The molecular formula is C32H44FN5O5. The number of aliphatic hydroxyl groups is 1. The SMILES string of the molecule is C/C(=C\c1cc(F)c2nn(CC3CC3)nc2c1)[C@H]1OC(=O)C[C@H](O)CC[C@H](C)[C@@H](OC(=O)N2CCN(C)CC2)/C=C/[C@@H]1C. The van der Waals surface area contributed by atoms with E-state index in [1.807, 2.05) is 40.0 Å². The molecule has 3 aliphatic rings. The Labute approximate surface area is 252 Å². The van der Waals surface area contributed by atoms with E-state index in [0.29, 0.717) is 55.0 Å². The van der Waals surface area contributed by atoms with Crippen LogP contribution in [0, 0.1) is 23.6 Å². The van der Waals surface area contributed by atoms with Crippen molar-refractivity contribution in [1.29, 1.82) is 0 Å². The van der Waals surface area contributed by atoms with Gasteiger partial charge in [0.1, 0.15) is 23.2 Å². The minimum atomic E-state index is -0.873. The predicted octanol–water partition coefficient (Wildman–Crippen LogP) is 4.42. The summed E-state index contributed by atoms with van der Waals surface area (Å²) in [6.07, 6.45) is 6.30. The van der Waals surface area contributed by atoms with Crippen molar-refractivity contribution in [3.8, 4) is 0 Å². The first-order valence-electron chi connectivity index (χ1n) is 15.5. The number of likely N-dealkylation sites (N-methyl/N-ethyl adjacent to an activating group) is 1. The molecular weight excluding hydrogens is 553 g/mol. The Morgan fingerprint density at radius 3 is 2.58 bits per heavy atom. The normalized spacial score (nSPS) is 29.1. The highest BCUT2D eigenvalue weighted by atomic mass is 19.1. The van der Waals surface area contributed by atoms with E-state index < -0.39 is 30.1 Å². The third-order valence-electron chi connectivity index (χ3n) is 8.72. The fourth-order valence-electron chi connectivity index (χ4n) is 5.71. The summed E-state index contributed by atoms with van der Waals surface area (Å²) < 4.78 is 26.9. The summed E-state index contributed by atoms with van der Waals surface area (Å²) in [5.74, 6) is -0.746. The van der Waals surface area contributed by atoms with Crippen molar-refractivity contribution < 1.29 is 28.6 Å². The number of esters is 1. The number of carbonyl (C=O) groups is 2. The number of hydrogen-bond donors (Lipinski definition) is 1. The molecule has 1 aromatic heterocycles. The number of fused-ring (bicyclic) bond motifs is 1. The smallest absolute Gasteiger partial charge is 0.410 e. The molecule has 2 fully saturated rings. The maximum absolute atomic E-state index is 15.0. The third-order valence-corrected chi connectivity index (χ3v) is 8.72. The average molecular weight is 598 g/mol. The summed E-state index contributed by atoms with van der Waals surface area (Å²) in [5.41, 5.74) is 2.02. The van der Waals surface area contributed by atoms with Gasteiger partial charge in [0.25, 0.3) is 0 Å². The Morgan fingerprint density at radius 2 is 1.86 bits per heavy atom. The van der Waals surface area contributed by atoms with Gasteiger partial charge in [-0.3, -0.25) is 4.79 Å². The lowest BCUT2D eigenvalue weighted by Gasteiger charge is -2.33. The molecule has 43 heavy (non-hydrogen) atoms. The topological polar surface area (TPSA) is 110 Å². The van der Waals surface area contributed by atoms with Crippen LogP contribution in [0.4, 0.5) is 9.18 Å². The van der Waals surface area contributed by atoms with Crippen LogP contribution in [0.25, 0.3) is 17.1 Å². The van der Waals surface area contributed by atoms with Crippen molar-refractivity contribution in [1.82, 2.24) is 24.8 Å². The van der Waals surface area contributed by atoms with Gasteiger partial charge in [-0.2, -0.15) is 15.0 Å². The number of hydrogen-bond acceptors (Lipinski definition) is 8. The number of aliphatic hydroxyl groups excluding tert-OH is 1. The molecule has 1 aromatic carbocycles. The molecule has 1 amide bonds. The molecule has 3 heterocycles. The number of ether oxygens (including phenoxy) is 2. The molecule has 2 aromatic rings. The van der Waals surface area contributed by atoms with Gasteiger partial charge in [0.15, 0.2) is 5.82 Å². The molecule has 5 rings (SSSR count). The van der Waals surface area contributed by atoms with Gasteiger partial charge >= 0.3 is 12.1 Å². The van der Waals surface area contributed by atoms with Crippen LogP contribution in [0.5, 0.6) is 0 Å². The van der Waals surface area contributed by atoms with Crippen LogP contribution in [0.1, 0.15) is 58.4 Å². The van der Waals surface area contributed by atoms with Crippen molar-refractivity contribution in [2.75, 3.05) is 33.2 Å². The summed E-state index contributed by atoms with van der Waals surface area (Å²) in [5, 5.41) is 19.4. The molecule has 10 nitrogen and oxygen atoms in total. The Morgan fingerprint density at radius 1 is 1.12 bits per heavy atom. The number of benzene rings is 1. The molecule has 1 aliphatic carbocycles. The van der Waals surface area contributed by atoms with E-state index in [1.165, 1.54) is 6.07 Å². The highest BCUT2D eigenvalue weighted by Crippen LogP contribution is 2.31. The van der Waals surface area contributed by atoms with E-state index in [4.69, 9.17) is 9.47 Å². The van der Waals surface area contributed by atoms with Crippen molar-refractivity contribution >= 4 is 29.2 Å². The zero-order chi connectivity index (χ0) is 30.7. The van der Waals surface area contributed by atoms with E-state index in [0.717, 1.165) is 25.9 Å². The number of piperazine rings is 1. The number of nitrogens with zero attached hydrogens (tertiary/aromatic N) is 5. The van der Waals surface area contributed by atoms with Crippen molar-refractivity contribution in [2.24, 2.45) is 17.8 Å². The Balaban J connectivity index is 1.37. The van der Waals surface area contributed by atoms with Crippen molar-refractivity contribution in [2.45, 2.75) is 77.7 Å². The van der Waals surface area contributed by atoms with Crippen LogP contribution < -0.4 is 0 Å². The first-order valence-corrected chi connectivity index (χ1v) is 15.5. The fraction of sp³-hybridized carbons (Fsp3) is 0.625. The molecule has 1 saturated heterocycles. The number of cyclic esters (lactones) is 1. The lowest BCUT2D eigenvalue weighted by Crippen LogP contribution is -2.48. The van der Waals surface area contributed by atoms with Crippen molar-refractivity contribution in [3.05, 3.63) is 41.2 Å². The molecule has 11 heteroatoms. The predicted molar refractivity (Wildman–Crippen MR) is 160 cm³/mol. The molecule has 0 unspecified atom stereocenters. The van der Waals surface area contributed by atoms with E-state index in [9.17, 15) is 14.7 Å². The lowest BCUT2D eigenvalue weighted by atomic mass is 9.91. The van der Waals surface area contributed by atoms with Crippen LogP contribution in [-0.2, 0) is 20.8 Å². The second kappa shape index (κ2) is 13.5. The molecule has 2 aliphatic heterocycles. The molecule has 0 radical (unpaired) electrons. The van der Waals surface area contributed by atoms with E-state index in [-0.39, 0.29) is 29.9 Å². The Kier molecular flexibility index (Phi) is 9.81. The highest BCUT2D eigenvalue weighted by Gasteiger charge is 2.29. The van der Waals surface area contributed by atoms with Crippen LogP contribution in [0.2, 0.25) is 0 Å². The molecule has 0 spiro atoms. The molecule has 5 atom stereocenters. The second-order valence-corrected chi connectivity index (χ2v) is 12.7. The average Bonchev–Trinajstić information content (AvgIpc) is 3.68.